The number of nitrogens with zero attached hydrogens (tertiary/aromatic N) is 1. The van der Waals surface area contributed by atoms with E-state index in [9.17, 15) is 9.59 Å². The second-order valence-electron chi connectivity index (χ2n) is 6.76. The molecule has 1 unspecified atom stereocenters. The molecule has 2 heterocycles. The molecule has 3 aromatic rings. The third kappa shape index (κ3) is 4.23. The van der Waals surface area contributed by atoms with Crippen molar-refractivity contribution < 1.29 is 13.9 Å². The van der Waals surface area contributed by atoms with Crippen molar-refractivity contribution >= 4 is 16.9 Å². The molecule has 1 aromatic carbocycles. The van der Waals surface area contributed by atoms with Crippen LogP contribution < -0.4 is 10.9 Å². The smallest absolute Gasteiger partial charge is 0.336 e. The standard InChI is InChI=1S/C21H22N2O4/c1-14-4-5-17-15(11-19(24)27-18(17)10-14)13-23-21(2,12-20(25)26-3)16-6-8-22-9-7-16/h4-11,23H,12-13H2,1-3H3. The van der Waals surface area contributed by atoms with Gasteiger partial charge in [0.25, 0.3) is 0 Å². The van der Waals surface area contributed by atoms with Crippen molar-refractivity contribution in [2.75, 3.05) is 7.11 Å². The maximum atomic E-state index is 12.0. The Morgan fingerprint density at radius 2 is 1.96 bits per heavy atom. The normalized spacial score (nSPS) is 13.3. The van der Waals surface area contributed by atoms with E-state index in [1.54, 1.807) is 12.4 Å². The van der Waals surface area contributed by atoms with E-state index in [4.69, 9.17) is 9.15 Å². The summed E-state index contributed by atoms with van der Waals surface area (Å²) in [5.41, 5.74) is 2.21. The number of carbonyl (C=O) groups is 1. The molecule has 2 aromatic heterocycles. The zero-order valence-corrected chi connectivity index (χ0v) is 15.6. The third-order valence-corrected chi connectivity index (χ3v) is 4.70. The SMILES string of the molecule is COC(=O)CC(C)(NCc1cc(=O)oc2cc(C)ccc12)c1ccncc1. The summed E-state index contributed by atoms with van der Waals surface area (Å²) in [6.07, 6.45) is 3.51. The van der Waals surface area contributed by atoms with Gasteiger partial charge in [-0.25, -0.2) is 4.79 Å². The minimum absolute atomic E-state index is 0.145. The van der Waals surface area contributed by atoms with E-state index in [-0.39, 0.29) is 12.4 Å². The predicted octanol–water partition coefficient (Wildman–Crippen LogP) is 3.06. The lowest BCUT2D eigenvalue weighted by atomic mass is 9.89. The van der Waals surface area contributed by atoms with Crippen LogP contribution in [-0.2, 0) is 21.6 Å². The number of carbonyl (C=O) groups excluding carboxylic acids is 1. The number of aromatic nitrogens is 1. The maximum absolute atomic E-state index is 12.0. The Morgan fingerprint density at radius 3 is 2.67 bits per heavy atom. The number of ether oxygens (including phenoxy) is 1. The van der Waals surface area contributed by atoms with Crippen LogP contribution in [-0.4, -0.2) is 18.1 Å². The monoisotopic (exact) mass is 366 g/mol. The van der Waals surface area contributed by atoms with Crippen LogP contribution in [0.25, 0.3) is 11.0 Å². The highest BCUT2D eigenvalue weighted by molar-refractivity contribution is 5.80. The molecule has 6 nitrogen and oxygen atoms in total. The van der Waals surface area contributed by atoms with Crippen LogP contribution in [0.4, 0.5) is 0 Å². The van der Waals surface area contributed by atoms with Crippen LogP contribution in [0.15, 0.2) is 58.0 Å². The molecule has 0 saturated heterocycles. The molecular formula is C21H22N2O4. The molecule has 0 aliphatic heterocycles. The molecule has 0 aliphatic rings. The highest BCUT2D eigenvalue weighted by atomic mass is 16.5. The Balaban J connectivity index is 1.95. The van der Waals surface area contributed by atoms with Crippen molar-refractivity contribution in [3.63, 3.8) is 0 Å². The summed E-state index contributed by atoms with van der Waals surface area (Å²) in [6.45, 7) is 4.26. The fraction of sp³-hybridized carbons (Fsp3) is 0.286. The van der Waals surface area contributed by atoms with Gasteiger partial charge in [0.15, 0.2) is 0 Å². The summed E-state index contributed by atoms with van der Waals surface area (Å²) in [5, 5.41) is 4.28. The summed E-state index contributed by atoms with van der Waals surface area (Å²) in [5.74, 6) is -0.324. The molecular weight excluding hydrogens is 344 g/mol. The number of hydrogen-bond donors (Lipinski definition) is 1. The number of hydrogen-bond acceptors (Lipinski definition) is 6. The van der Waals surface area contributed by atoms with Gasteiger partial charge in [-0.1, -0.05) is 12.1 Å². The molecule has 0 aliphatic carbocycles. The highest BCUT2D eigenvalue weighted by Gasteiger charge is 2.30. The quantitative estimate of drug-likeness (QED) is 0.533. The number of fused-ring (bicyclic) bond motifs is 1. The van der Waals surface area contributed by atoms with Crippen LogP contribution in [0.5, 0.6) is 0 Å². The Labute approximate surface area is 157 Å². The average Bonchev–Trinajstić information content (AvgIpc) is 2.66. The molecule has 0 fully saturated rings. The van der Waals surface area contributed by atoms with Crippen molar-refractivity contribution in [1.29, 1.82) is 0 Å². The van der Waals surface area contributed by atoms with Crippen molar-refractivity contribution in [2.45, 2.75) is 32.4 Å². The van der Waals surface area contributed by atoms with Gasteiger partial charge in [0.2, 0.25) is 0 Å². The molecule has 27 heavy (non-hydrogen) atoms. The molecule has 1 atom stereocenters. The van der Waals surface area contributed by atoms with E-state index in [2.05, 4.69) is 10.3 Å². The first-order valence-corrected chi connectivity index (χ1v) is 8.67. The molecule has 0 amide bonds. The number of methoxy groups -OCH3 is 1. The summed E-state index contributed by atoms with van der Waals surface area (Å²) >= 11 is 0. The van der Waals surface area contributed by atoms with Crippen molar-refractivity contribution in [3.05, 3.63) is 75.9 Å². The second kappa shape index (κ2) is 7.72. The topological polar surface area (TPSA) is 81.4 Å². The zero-order valence-electron chi connectivity index (χ0n) is 15.6. The number of nitrogens with one attached hydrogen (secondary N) is 1. The lowest BCUT2D eigenvalue weighted by Crippen LogP contribution is -2.41. The lowest BCUT2D eigenvalue weighted by Gasteiger charge is -2.30. The predicted molar refractivity (Wildman–Crippen MR) is 102 cm³/mol. The molecule has 0 radical (unpaired) electrons. The van der Waals surface area contributed by atoms with Crippen LogP contribution in [0, 0.1) is 6.92 Å². The fourth-order valence-electron chi connectivity index (χ4n) is 3.12. The van der Waals surface area contributed by atoms with Crippen molar-refractivity contribution in [2.24, 2.45) is 0 Å². The zero-order chi connectivity index (χ0) is 19.4. The Morgan fingerprint density at radius 1 is 1.22 bits per heavy atom. The van der Waals surface area contributed by atoms with E-state index < -0.39 is 11.2 Å². The third-order valence-electron chi connectivity index (χ3n) is 4.70. The van der Waals surface area contributed by atoms with Gasteiger partial charge in [0, 0.05) is 30.4 Å². The van der Waals surface area contributed by atoms with E-state index in [1.807, 2.05) is 44.2 Å². The molecule has 6 heteroatoms. The van der Waals surface area contributed by atoms with Crippen molar-refractivity contribution in [3.8, 4) is 0 Å². The maximum Gasteiger partial charge on any atom is 0.336 e. The molecule has 0 bridgehead atoms. The lowest BCUT2D eigenvalue weighted by molar-refractivity contribution is -0.142. The van der Waals surface area contributed by atoms with Gasteiger partial charge in [-0.2, -0.15) is 0 Å². The molecule has 140 valence electrons. The van der Waals surface area contributed by atoms with Gasteiger partial charge >= 0.3 is 11.6 Å². The van der Waals surface area contributed by atoms with E-state index in [0.717, 1.165) is 22.1 Å². The number of aryl methyl sites for hydroxylation is 1. The van der Waals surface area contributed by atoms with Gasteiger partial charge in [-0.05, 0) is 48.7 Å². The molecule has 1 N–H and O–H groups in total. The molecule has 3 rings (SSSR count). The van der Waals surface area contributed by atoms with Gasteiger partial charge in [-0.3, -0.25) is 9.78 Å². The summed E-state index contributed by atoms with van der Waals surface area (Å²) in [6, 6.07) is 11.0. The average molecular weight is 366 g/mol. The van der Waals surface area contributed by atoms with Gasteiger partial charge in [0.1, 0.15) is 5.58 Å². The van der Waals surface area contributed by atoms with E-state index in [0.29, 0.717) is 12.1 Å². The number of pyridine rings is 1. The molecule has 0 spiro atoms. The first-order valence-electron chi connectivity index (χ1n) is 8.67. The minimum atomic E-state index is -0.677. The summed E-state index contributed by atoms with van der Waals surface area (Å²) in [7, 11) is 1.37. The van der Waals surface area contributed by atoms with Gasteiger partial charge < -0.3 is 14.5 Å². The van der Waals surface area contributed by atoms with Crippen molar-refractivity contribution in [1.82, 2.24) is 10.3 Å². The largest absolute Gasteiger partial charge is 0.469 e. The molecule has 0 saturated carbocycles. The van der Waals surface area contributed by atoms with Crippen LogP contribution in [0.3, 0.4) is 0 Å². The van der Waals surface area contributed by atoms with Crippen LogP contribution in [0.1, 0.15) is 30.0 Å². The second-order valence-corrected chi connectivity index (χ2v) is 6.76. The number of benzene rings is 1. The van der Waals surface area contributed by atoms with Gasteiger partial charge in [0.05, 0.1) is 19.1 Å². The Hall–Kier alpha value is -2.99. The number of esters is 1. The summed E-state index contributed by atoms with van der Waals surface area (Å²) in [4.78, 5) is 28.0. The highest BCUT2D eigenvalue weighted by Crippen LogP contribution is 2.26. The van der Waals surface area contributed by atoms with Crippen LogP contribution in [0.2, 0.25) is 0 Å². The van der Waals surface area contributed by atoms with Gasteiger partial charge in [-0.15, -0.1) is 0 Å². The van der Waals surface area contributed by atoms with E-state index in [1.165, 1.54) is 13.2 Å². The minimum Gasteiger partial charge on any atom is -0.469 e. The Kier molecular flexibility index (Phi) is 5.37. The first-order chi connectivity index (χ1) is 12.9. The number of rotatable bonds is 6. The fourth-order valence-corrected chi connectivity index (χ4v) is 3.12. The van der Waals surface area contributed by atoms with E-state index >= 15 is 0 Å². The van der Waals surface area contributed by atoms with Crippen LogP contribution >= 0.6 is 0 Å². The Bertz CT molecular complexity index is 1010. The first kappa shape index (κ1) is 18.8. The summed E-state index contributed by atoms with van der Waals surface area (Å²) < 4.78 is 10.2.